The Morgan fingerprint density at radius 3 is 2.79 bits per heavy atom. The summed E-state index contributed by atoms with van der Waals surface area (Å²) in [4.78, 5) is 13.9. The molecule has 0 saturated heterocycles. The topological polar surface area (TPSA) is 38.8 Å². The highest BCUT2D eigenvalue weighted by Crippen LogP contribution is 2.14. The second-order valence-corrected chi connectivity index (χ2v) is 5.65. The average Bonchev–Trinajstić information content (AvgIpc) is 2.39. The minimum absolute atomic E-state index is 0.0776. The Labute approximate surface area is 122 Å². The van der Waals surface area contributed by atoms with E-state index < -0.39 is 0 Å². The van der Waals surface area contributed by atoms with Crippen LogP contribution in [0.3, 0.4) is 0 Å². The maximum atomic E-state index is 12.1. The molecule has 1 aromatic rings. The van der Waals surface area contributed by atoms with Gasteiger partial charge in [-0.3, -0.25) is 4.79 Å². The Morgan fingerprint density at radius 1 is 1.42 bits per heavy atom. The number of hydrogen-bond donors (Lipinski definition) is 0. The second-order valence-electron chi connectivity index (χ2n) is 4.36. The predicted molar refractivity (Wildman–Crippen MR) is 78.9 cm³/mol. The number of alkyl halides is 1. The van der Waals surface area contributed by atoms with E-state index in [0.717, 1.165) is 11.3 Å². The summed E-state index contributed by atoms with van der Waals surface area (Å²) < 4.78 is 10.2. The van der Waals surface area contributed by atoms with Crippen molar-refractivity contribution >= 4 is 21.8 Å². The quantitative estimate of drug-likeness (QED) is 0.719. The monoisotopic (exact) mass is 329 g/mol. The number of likely N-dealkylation sites (N-methyl/N-ethyl adjacent to an activating group) is 1. The molecule has 0 aromatic heterocycles. The Bertz CT molecular complexity index is 411. The van der Waals surface area contributed by atoms with Crippen molar-refractivity contribution in [2.24, 2.45) is 0 Å². The number of nitrogens with zero attached hydrogens (tertiary/aromatic N) is 1. The van der Waals surface area contributed by atoms with E-state index in [0.29, 0.717) is 19.6 Å². The van der Waals surface area contributed by atoms with Crippen molar-refractivity contribution in [1.82, 2.24) is 4.90 Å². The lowest BCUT2D eigenvalue weighted by Gasteiger charge is -2.20. The lowest BCUT2D eigenvalue weighted by Crippen LogP contribution is -2.34. The van der Waals surface area contributed by atoms with Crippen LogP contribution in [-0.4, -0.2) is 50.1 Å². The summed E-state index contributed by atoms with van der Waals surface area (Å²) in [6.07, 6.45) is 0.375. The SMILES string of the molecule is COCC(Br)CN(C)C(=O)Cc1cccc(OC)c1. The van der Waals surface area contributed by atoms with Crippen LogP contribution in [0.25, 0.3) is 0 Å². The first kappa shape index (κ1) is 16.0. The highest BCUT2D eigenvalue weighted by molar-refractivity contribution is 9.09. The first-order valence-corrected chi connectivity index (χ1v) is 6.98. The normalized spacial score (nSPS) is 12.0. The Balaban J connectivity index is 2.53. The molecule has 5 heteroatoms. The second kappa shape index (κ2) is 8.17. The van der Waals surface area contributed by atoms with Gasteiger partial charge in [-0.1, -0.05) is 28.1 Å². The van der Waals surface area contributed by atoms with Crippen LogP contribution in [0.1, 0.15) is 5.56 Å². The number of benzene rings is 1. The Morgan fingerprint density at radius 2 is 2.16 bits per heavy atom. The van der Waals surface area contributed by atoms with E-state index >= 15 is 0 Å². The molecule has 0 fully saturated rings. The Hall–Kier alpha value is -1.07. The highest BCUT2D eigenvalue weighted by Gasteiger charge is 2.14. The van der Waals surface area contributed by atoms with E-state index in [9.17, 15) is 4.79 Å². The molecule has 1 aromatic carbocycles. The molecule has 1 unspecified atom stereocenters. The van der Waals surface area contributed by atoms with Gasteiger partial charge in [0, 0.05) is 20.7 Å². The largest absolute Gasteiger partial charge is 0.497 e. The summed E-state index contributed by atoms with van der Waals surface area (Å²) >= 11 is 3.48. The standard InChI is InChI=1S/C14H20BrNO3/c1-16(9-12(15)10-18-2)14(17)8-11-5-4-6-13(7-11)19-3/h4-7,12H,8-10H2,1-3H3. The molecule has 0 aliphatic rings. The number of hydrogen-bond acceptors (Lipinski definition) is 3. The molecule has 0 spiro atoms. The van der Waals surface area contributed by atoms with E-state index in [1.165, 1.54) is 0 Å². The fourth-order valence-electron chi connectivity index (χ4n) is 1.72. The molecule has 0 radical (unpaired) electrons. The molecule has 4 nitrogen and oxygen atoms in total. The maximum absolute atomic E-state index is 12.1. The Kier molecular flexibility index (Phi) is 6.87. The van der Waals surface area contributed by atoms with Gasteiger partial charge in [-0.15, -0.1) is 0 Å². The molecule has 19 heavy (non-hydrogen) atoms. The van der Waals surface area contributed by atoms with Crippen LogP contribution in [0.4, 0.5) is 0 Å². The van der Waals surface area contributed by atoms with Gasteiger partial charge in [0.05, 0.1) is 25.0 Å². The van der Waals surface area contributed by atoms with Gasteiger partial charge in [-0.25, -0.2) is 0 Å². The fourth-order valence-corrected chi connectivity index (χ4v) is 2.42. The minimum atomic E-state index is 0.0776. The molecular weight excluding hydrogens is 310 g/mol. The van der Waals surface area contributed by atoms with Crippen LogP contribution >= 0.6 is 15.9 Å². The van der Waals surface area contributed by atoms with Crippen molar-refractivity contribution in [3.8, 4) is 5.75 Å². The molecular formula is C14H20BrNO3. The summed E-state index contributed by atoms with van der Waals surface area (Å²) in [5.41, 5.74) is 0.953. The predicted octanol–water partition coefficient (Wildman–Crippen LogP) is 2.11. The van der Waals surface area contributed by atoms with Crippen LogP contribution in [-0.2, 0) is 16.0 Å². The fraction of sp³-hybridized carbons (Fsp3) is 0.500. The highest BCUT2D eigenvalue weighted by atomic mass is 79.9. The zero-order valence-electron chi connectivity index (χ0n) is 11.6. The van der Waals surface area contributed by atoms with E-state index in [1.807, 2.05) is 24.3 Å². The molecule has 106 valence electrons. The van der Waals surface area contributed by atoms with Crippen molar-refractivity contribution in [3.05, 3.63) is 29.8 Å². The van der Waals surface area contributed by atoms with Crippen molar-refractivity contribution < 1.29 is 14.3 Å². The van der Waals surface area contributed by atoms with E-state index in [4.69, 9.17) is 9.47 Å². The molecule has 0 aliphatic heterocycles. The zero-order valence-corrected chi connectivity index (χ0v) is 13.1. The average molecular weight is 330 g/mol. The number of halogens is 1. The summed E-state index contributed by atoms with van der Waals surface area (Å²) in [5.74, 6) is 0.847. The minimum Gasteiger partial charge on any atom is -0.497 e. The lowest BCUT2D eigenvalue weighted by atomic mass is 10.1. The van der Waals surface area contributed by atoms with Gasteiger partial charge in [0.1, 0.15) is 5.75 Å². The van der Waals surface area contributed by atoms with Gasteiger partial charge in [0.15, 0.2) is 0 Å². The van der Waals surface area contributed by atoms with Gasteiger partial charge >= 0.3 is 0 Å². The summed E-state index contributed by atoms with van der Waals surface area (Å²) in [6, 6.07) is 7.56. The third kappa shape index (κ3) is 5.61. The maximum Gasteiger partial charge on any atom is 0.226 e. The number of carbonyl (C=O) groups is 1. The third-order valence-electron chi connectivity index (χ3n) is 2.73. The van der Waals surface area contributed by atoms with Gasteiger partial charge in [0.25, 0.3) is 0 Å². The molecule has 1 rings (SSSR count). The molecule has 1 atom stereocenters. The van der Waals surface area contributed by atoms with E-state index in [2.05, 4.69) is 15.9 Å². The molecule has 1 amide bonds. The molecule has 0 heterocycles. The summed E-state index contributed by atoms with van der Waals surface area (Å²) in [6.45, 7) is 1.20. The van der Waals surface area contributed by atoms with Crippen molar-refractivity contribution in [2.45, 2.75) is 11.2 Å². The van der Waals surface area contributed by atoms with Gasteiger partial charge < -0.3 is 14.4 Å². The van der Waals surface area contributed by atoms with Crippen LogP contribution in [0, 0.1) is 0 Å². The smallest absolute Gasteiger partial charge is 0.226 e. The summed E-state index contributed by atoms with van der Waals surface area (Å²) in [7, 11) is 5.06. The number of carbonyl (C=O) groups excluding carboxylic acids is 1. The zero-order chi connectivity index (χ0) is 14.3. The lowest BCUT2D eigenvalue weighted by molar-refractivity contribution is -0.129. The summed E-state index contributed by atoms with van der Waals surface area (Å²) in [5, 5.41) is 0. The van der Waals surface area contributed by atoms with E-state index in [-0.39, 0.29) is 10.7 Å². The van der Waals surface area contributed by atoms with Gasteiger partial charge in [-0.2, -0.15) is 0 Å². The molecule has 0 saturated carbocycles. The van der Waals surface area contributed by atoms with E-state index in [1.54, 1.807) is 26.2 Å². The third-order valence-corrected chi connectivity index (χ3v) is 3.29. The number of ether oxygens (including phenoxy) is 2. The molecule has 0 bridgehead atoms. The molecule has 0 N–H and O–H groups in total. The number of amides is 1. The van der Waals surface area contributed by atoms with Gasteiger partial charge in [0.2, 0.25) is 5.91 Å². The number of rotatable bonds is 7. The van der Waals surface area contributed by atoms with Crippen LogP contribution in [0.15, 0.2) is 24.3 Å². The van der Waals surface area contributed by atoms with Crippen molar-refractivity contribution in [2.75, 3.05) is 34.4 Å². The van der Waals surface area contributed by atoms with Gasteiger partial charge in [-0.05, 0) is 17.7 Å². The first-order chi connectivity index (χ1) is 9.06. The first-order valence-electron chi connectivity index (χ1n) is 6.06. The van der Waals surface area contributed by atoms with Crippen LogP contribution < -0.4 is 4.74 Å². The number of methoxy groups -OCH3 is 2. The van der Waals surface area contributed by atoms with Crippen LogP contribution in [0.5, 0.6) is 5.75 Å². The van der Waals surface area contributed by atoms with Crippen molar-refractivity contribution in [3.63, 3.8) is 0 Å². The van der Waals surface area contributed by atoms with Crippen LogP contribution in [0.2, 0.25) is 0 Å². The molecule has 0 aliphatic carbocycles. The van der Waals surface area contributed by atoms with Crippen molar-refractivity contribution in [1.29, 1.82) is 0 Å².